The number of benzene rings is 2. The third kappa shape index (κ3) is 4.22. The molecule has 1 aromatic heterocycles. The van der Waals surface area contributed by atoms with E-state index in [2.05, 4.69) is 9.80 Å². The van der Waals surface area contributed by atoms with Crippen molar-refractivity contribution in [1.29, 1.82) is 0 Å². The van der Waals surface area contributed by atoms with Crippen LogP contribution in [0.15, 0.2) is 66.0 Å². The largest absolute Gasteiger partial charge is 0.497 e. The molecule has 2 fully saturated rings. The van der Waals surface area contributed by atoms with Crippen molar-refractivity contribution in [3.05, 3.63) is 76.5 Å². The van der Waals surface area contributed by atoms with Gasteiger partial charge < -0.3 is 9.64 Å². The molecule has 0 N–H and O–H groups in total. The number of hydrogen-bond acceptors (Lipinski definition) is 7. The highest BCUT2D eigenvalue weighted by molar-refractivity contribution is 7.12. The molecular formula is C26H25N3O4S. The Kier molecular flexibility index (Phi) is 6.17. The Morgan fingerprint density at radius 3 is 2.21 bits per heavy atom. The van der Waals surface area contributed by atoms with Gasteiger partial charge in [-0.25, -0.2) is 4.90 Å². The molecule has 2 saturated heterocycles. The first-order valence-corrected chi connectivity index (χ1v) is 12.1. The van der Waals surface area contributed by atoms with E-state index in [0.717, 1.165) is 23.7 Å². The van der Waals surface area contributed by atoms with Gasteiger partial charge in [-0.3, -0.25) is 19.3 Å². The number of anilines is 2. The van der Waals surface area contributed by atoms with Crippen LogP contribution in [0, 0.1) is 0 Å². The number of thiophene rings is 1. The number of rotatable bonds is 6. The minimum absolute atomic E-state index is 0.0391. The summed E-state index contributed by atoms with van der Waals surface area (Å²) in [6, 6.07) is 18.0. The van der Waals surface area contributed by atoms with E-state index in [9.17, 15) is 14.4 Å². The highest BCUT2D eigenvalue weighted by Crippen LogP contribution is 2.28. The summed E-state index contributed by atoms with van der Waals surface area (Å²) in [5.74, 6) is 0.380. The van der Waals surface area contributed by atoms with Crippen molar-refractivity contribution in [3.8, 4) is 5.75 Å². The van der Waals surface area contributed by atoms with E-state index in [-0.39, 0.29) is 24.0 Å². The quantitative estimate of drug-likeness (QED) is 0.402. The van der Waals surface area contributed by atoms with Crippen molar-refractivity contribution < 1.29 is 19.1 Å². The van der Waals surface area contributed by atoms with Crippen LogP contribution in [0.1, 0.15) is 21.7 Å². The fourth-order valence-corrected chi connectivity index (χ4v) is 5.25. The first-order chi connectivity index (χ1) is 16.5. The zero-order valence-electron chi connectivity index (χ0n) is 18.8. The maximum absolute atomic E-state index is 13.1. The summed E-state index contributed by atoms with van der Waals surface area (Å²) >= 11 is 1.44. The molecule has 7 nitrogen and oxygen atoms in total. The fraction of sp³-hybridized carbons (Fsp3) is 0.269. The van der Waals surface area contributed by atoms with Crippen molar-refractivity contribution in [1.82, 2.24) is 4.90 Å². The third-order valence-electron chi connectivity index (χ3n) is 6.45. The summed E-state index contributed by atoms with van der Waals surface area (Å²) in [7, 11) is 1.58. The maximum atomic E-state index is 13.1. The lowest BCUT2D eigenvalue weighted by atomic mass is 10.1. The van der Waals surface area contributed by atoms with Crippen molar-refractivity contribution in [2.24, 2.45) is 0 Å². The van der Waals surface area contributed by atoms with Gasteiger partial charge in [0.15, 0.2) is 0 Å². The Labute approximate surface area is 202 Å². The predicted octanol–water partition coefficient (Wildman–Crippen LogP) is 3.44. The van der Waals surface area contributed by atoms with Crippen LogP contribution in [-0.2, 0) is 9.59 Å². The molecule has 0 spiro atoms. The van der Waals surface area contributed by atoms with Crippen LogP contribution < -0.4 is 14.5 Å². The summed E-state index contributed by atoms with van der Waals surface area (Å²) in [5.41, 5.74) is 2.31. The van der Waals surface area contributed by atoms with Crippen LogP contribution >= 0.6 is 11.3 Å². The van der Waals surface area contributed by atoms with Crippen LogP contribution in [0.4, 0.5) is 11.4 Å². The van der Waals surface area contributed by atoms with Gasteiger partial charge in [-0.05, 0) is 60.0 Å². The summed E-state index contributed by atoms with van der Waals surface area (Å²) in [4.78, 5) is 44.7. The van der Waals surface area contributed by atoms with E-state index in [1.807, 2.05) is 41.8 Å². The summed E-state index contributed by atoms with van der Waals surface area (Å²) in [6.45, 7) is 2.88. The van der Waals surface area contributed by atoms with Gasteiger partial charge in [0.05, 0.1) is 30.1 Å². The molecule has 3 aromatic rings. The highest BCUT2D eigenvalue weighted by Gasteiger charge is 2.43. The molecule has 0 unspecified atom stereocenters. The van der Waals surface area contributed by atoms with Crippen LogP contribution in [0.3, 0.4) is 0 Å². The molecule has 1 atom stereocenters. The molecule has 3 heterocycles. The number of piperazine rings is 1. The second kappa shape index (κ2) is 9.40. The van der Waals surface area contributed by atoms with E-state index < -0.39 is 6.04 Å². The molecule has 2 amide bonds. The van der Waals surface area contributed by atoms with Gasteiger partial charge in [-0.15, -0.1) is 11.3 Å². The Bertz CT molecular complexity index is 1180. The Hall–Kier alpha value is -3.49. The van der Waals surface area contributed by atoms with Crippen LogP contribution in [-0.4, -0.2) is 61.8 Å². The minimum Gasteiger partial charge on any atom is -0.497 e. The Balaban J connectivity index is 1.21. The first-order valence-electron chi connectivity index (χ1n) is 11.2. The zero-order chi connectivity index (χ0) is 23.7. The number of carbonyl (C=O) groups is 3. The number of imide groups is 1. The molecule has 5 rings (SSSR count). The van der Waals surface area contributed by atoms with Gasteiger partial charge in [-0.1, -0.05) is 6.07 Å². The second-order valence-corrected chi connectivity index (χ2v) is 9.31. The average Bonchev–Trinajstić information content (AvgIpc) is 3.52. The van der Waals surface area contributed by atoms with Crippen LogP contribution in [0.5, 0.6) is 5.75 Å². The van der Waals surface area contributed by atoms with E-state index in [4.69, 9.17) is 4.74 Å². The number of ketones is 1. The average molecular weight is 476 g/mol. The second-order valence-electron chi connectivity index (χ2n) is 8.36. The summed E-state index contributed by atoms with van der Waals surface area (Å²) in [5, 5.41) is 1.90. The van der Waals surface area contributed by atoms with Gasteiger partial charge in [0.1, 0.15) is 5.75 Å². The minimum atomic E-state index is -0.428. The number of carbonyl (C=O) groups excluding carboxylic acids is 3. The molecular weight excluding hydrogens is 450 g/mol. The van der Waals surface area contributed by atoms with Crippen molar-refractivity contribution in [3.63, 3.8) is 0 Å². The molecule has 0 saturated carbocycles. The molecule has 2 aliphatic heterocycles. The lowest BCUT2D eigenvalue weighted by Gasteiger charge is -2.38. The van der Waals surface area contributed by atoms with Crippen molar-refractivity contribution >= 4 is 40.3 Å². The molecule has 0 aliphatic carbocycles. The van der Waals surface area contributed by atoms with E-state index >= 15 is 0 Å². The topological polar surface area (TPSA) is 70.2 Å². The van der Waals surface area contributed by atoms with Crippen LogP contribution in [0.2, 0.25) is 0 Å². The molecule has 2 aliphatic rings. The SMILES string of the molecule is COc1ccc(N2C(=O)C[C@@H](N3CCN(c4ccc(C(=O)c5cccs5)cc4)CC3)C2=O)cc1. The number of methoxy groups -OCH3 is 1. The predicted molar refractivity (Wildman–Crippen MR) is 132 cm³/mol. The molecule has 8 heteroatoms. The zero-order valence-corrected chi connectivity index (χ0v) is 19.7. The summed E-state index contributed by atoms with van der Waals surface area (Å²) in [6.07, 6.45) is 0.199. The standard InChI is InChI=1S/C26H25N3O4S/c1-33-21-10-8-20(9-11-21)29-24(30)17-22(26(29)32)28-14-12-27(13-15-28)19-6-4-18(5-7-19)25(31)23-3-2-16-34-23/h2-11,16,22H,12-15,17H2,1H3/t22-/m1/s1. The van der Waals surface area contributed by atoms with Crippen molar-refractivity contribution in [2.45, 2.75) is 12.5 Å². The molecule has 0 radical (unpaired) electrons. The number of nitrogens with zero attached hydrogens (tertiary/aromatic N) is 3. The number of ether oxygens (including phenoxy) is 1. The van der Waals surface area contributed by atoms with Gasteiger partial charge in [0.2, 0.25) is 11.7 Å². The fourth-order valence-electron chi connectivity index (χ4n) is 4.57. The Morgan fingerprint density at radius 1 is 0.912 bits per heavy atom. The normalized spacial score (nSPS) is 19.0. The molecule has 174 valence electrons. The monoisotopic (exact) mass is 475 g/mol. The van der Waals surface area contributed by atoms with E-state index in [1.54, 1.807) is 31.4 Å². The Morgan fingerprint density at radius 2 is 1.59 bits per heavy atom. The van der Waals surface area contributed by atoms with E-state index in [0.29, 0.717) is 30.1 Å². The van der Waals surface area contributed by atoms with E-state index in [1.165, 1.54) is 16.2 Å². The lowest BCUT2D eigenvalue weighted by Crippen LogP contribution is -2.52. The van der Waals surface area contributed by atoms with Gasteiger partial charge in [0, 0.05) is 37.4 Å². The highest BCUT2D eigenvalue weighted by atomic mass is 32.1. The lowest BCUT2D eigenvalue weighted by molar-refractivity contribution is -0.123. The summed E-state index contributed by atoms with van der Waals surface area (Å²) < 4.78 is 5.17. The maximum Gasteiger partial charge on any atom is 0.251 e. The molecule has 34 heavy (non-hydrogen) atoms. The van der Waals surface area contributed by atoms with Crippen LogP contribution in [0.25, 0.3) is 0 Å². The third-order valence-corrected chi connectivity index (χ3v) is 7.32. The van der Waals surface area contributed by atoms with Crippen molar-refractivity contribution in [2.75, 3.05) is 43.1 Å². The van der Waals surface area contributed by atoms with Gasteiger partial charge >= 0.3 is 0 Å². The smallest absolute Gasteiger partial charge is 0.251 e. The molecule has 2 aromatic carbocycles. The first kappa shape index (κ1) is 22.3. The molecule has 0 bridgehead atoms. The van der Waals surface area contributed by atoms with Gasteiger partial charge in [-0.2, -0.15) is 0 Å². The van der Waals surface area contributed by atoms with Gasteiger partial charge in [0.25, 0.3) is 5.91 Å². The number of amides is 2. The number of hydrogen-bond donors (Lipinski definition) is 0.